The fourth-order valence-corrected chi connectivity index (χ4v) is 4.35. The van der Waals surface area contributed by atoms with Gasteiger partial charge in [0.15, 0.2) is 0 Å². The van der Waals surface area contributed by atoms with Gasteiger partial charge in [-0.3, -0.25) is 0 Å². The Bertz CT molecular complexity index is 1420. The molecule has 1 N–H and O–H groups in total. The molecule has 1 fully saturated rings. The lowest BCUT2D eigenvalue weighted by atomic mass is 10.1. The summed E-state index contributed by atoms with van der Waals surface area (Å²) in [5.41, 5.74) is 1.22. The van der Waals surface area contributed by atoms with Crippen molar-refractivity contribution in [2.45, 2.75) is 30.0 Å². The van der Waals surface area contributed by atoms with E-state index in [4.69, 9.17) is 0 Å². The summed E-state index contributed by atoms with van der Waals surface area (Å²) in [6.07, 6.45) is 1.27. The Morgan fingerprint density at radius 2 is 1.81 bits per heavy atom. The average Bonchev–Trinajstić information content (AvgIpc) is 3.38. The third-order valence-electron chi connectivity index (χ3n) is 5.48. The Morgan fingerprint density at radius 3 is 2.44 bits per heavy atom. The minimum absolute atomic E-state index is 0.0577. The molecular formula is C21H18F3N5O2S. The summed E-state index contributed by atoms with van der Waals surface area (Å²) < 4.78 is 69.4. The highest BCUT2D eigenvalue weighted by Crippen LogP contribution is 2.37. The molecule has 1 aliphatic rings. The molecule has 2 aromatic carbocycles. The van der Waals surface area contributed by atoms with E-state index in [0.717, 1.165) is 25.0 Å². The molecule has 0 amide bonds. The van der Waals surface area contributed by atoms with Crippen molar-refractivity contribution in [1.29, 1.82) is 0 Å². The first-order valence-electron chi connectivity index (χ1n) is 9.85. The summed E-state index contributed by atoms with van der Waals surface area (Å²) in [5, 5.41) is 5.14. The third-order valence-corrected chi connectivity index (χ3v) is 6.89. The van der Waals surface area contributed by atoms with Gasteiger partial charge in [-0.1, -0.05) is 0 Å². The topological polar surface area (TPSA) is 81.8 Å². The Hall–Kier alpha value is -3.18. The molecule has 2 heterocycles. The van der Waals surface area contributed by atoms with E-state index in [1.165, 1.54) is 36.0 Å². The number of alkyl halides is 3. The number of benzene rings is 2. The van der Waals surface area contributed by atoms with Gasteiger partial charge in [0.25, 0.3) is 0 Å². The summed E-state index contributed by atoms with van der Waals surface area (Å²) in [4.78, 5) is 4.49. The third kappa shape index (κ3) is 3.56. The highest BCUT2D eigenvalue weighted by Gasteiger charge is 2.30. The zero-order valence-corrected chi connectivity index (χ0v) is 17.7. The van der Waals surface area contributed by atoms with Crippen molar-refractivity contribution in [1.82, 2.24) is 24.1 Å². The molecule has 5 rings (SSSR count). The summed E-state index contributed by atoms with van der Waals surface area (Å²) in [7, 11) is -2.38. The van der Waals surface area contributed by atoms with Crippen molar-refractivity contribution >= 4 is 20.9 Å². The number of sulfonamides is 1. The molecule has 32 heavy (non-hydrogen) atoms. The molecule has 0 bridgehead atoms. The standard InChI is InChI=1S/C21H18F3N5O2S/c1-25-32(30,31)16-8-9-19-17(10-16)20(18-11-28(12-26-18)14-6-7-14)27-29(19)15-4-2-13(3-5-15)21(22,23)24/h2-5,8-12,14,25H,6-7H2,1H3. The van der Waals surface area contributed by atoms with Gasteiger partial charge in [0, 0.05) is 17.6 Å². The number of halogens is 3. The van der Waals surface area contributed by atoms with Crippen LogP contribution in [0.25, 0.3) is 28.0 Å². The summed E-state index contributed by atoms with van der Waals surface area (Å²) in [6.45, 7) is 0. The monoisotopic (exact) mass is 461 g/mol. The minimum atomic E-state index is -4.44. The smallest absolute Gasteiger partial charge is 0.334 e. The van der Waals surface area contributed by atoms with Crippen LogP contribution in [0, 0.1) is 0 Å². The second-order valence-electron chi connectivity index (χ2n) is 7.63. The predicted molar refractivity (Wildman–Crippen MR) is 112 cm³/mol. The zero-order valence-electron chi connectivity index (χ0n) is 16.8. The number of imidazole rings is 1. The lowest BCUT2D eigenvalue weighted by Gasteiger charge is -2.08. The highest BCUT2D eigenvalue weighted by atomic mass is 32.2. The number of hydrogen-bond acceptors (Lipinski definition) is 4. The molecule has 0 aliphatic heterocycles. The van der Waals surface area contributed by atoms with Crippen LogP contribution in [-0.4, -0.2) is 34.8 Å². The van der Waals surface area contributed by atoms with Gasteiger partial charge in [0.1, 0.15) is 11.4 Å². The lowest BCUT2D eigenvalue weighted by Crippen LogP contribution is -2.18. The van der Waals surface area contributed by atoms with E-state index in [9.17, 15) is 21.6 Å². The molecule has 0 spiro atoms. The van der Waals surface area contributed by atoms with Crippen LogP contribution in [-0.2, 0) is 16.2 Å². The second-order valence-corrected chi connectivity index (χ2v) is 9.52. The van der Waals surface area contributed by atoms with Crippen molar-refractivity contribution in [3.05, 3.63) is 60.6 Å². The molecule has 0 unspecified atom stereocenters. The summed E-state index contributed by atoms with van der Waals surface area (Å²) >= 11 is 0. The van der Waals surface area contributed by atoms with Crippen LogP contribution < -0.4 is 4.72 Å². The fourth-order valence-electron chi connectivity index (χ4n) is 3.59. The number of rotatable bonds is 5. The normalized spacial score (nSPS) is 14.9. The molecule has 0 atom stereocenters. The lowest BCUT2D eigenvalue weighted by molar-refractivity contribution is -0.137. The van der Waals surface area contributed by atoms with E-state index in [1.807, 2.05) is 10.8 Å². The van der Waals surface area contributed by atoms with Crippen LogP contribution in [0.4, 0.5) is 13.2 Å². The first-order valence-corrected chi connectivity index (χ1v) is 11.3. The summed E-state index contributed by atoms with van der Waals surface area (Å²) in [5.74, 6) is 0. The van der Waals surface area contributed by atoms with Crippen molar-refractivity contribution in [2.75, 3.05) is 7.05 Å². The molecule has 166 valence electrons. The van der Waals surface area contributed by atoms with E-state index < -0.39 is 21.8 Å². The zero-order chi connectivity index (χ0) is 22.7. The maximum absolute atomic E-state index is 13.0. The van der Waals surface area contributed by atoms with Crippen molar-refractivity contribution in [2.24, 2.45) is 0 Å². The van der Waals surface area contributed by atoms with Gasteiger partial charge in [-0.25, -0.2) is 22.8 Å². The predicted octanol–water partition coefficient (Wildman–Crippen LogP) is 4.15. The average molecular weight is 461 g/mol. The van der Waals surface area contributed by atoms with E-state index in [1.54, 1.807) is 12.4 Å². The van der Waals surface area contributed by atoms with Crippen LogP contribution in [0.15, 0.2) is 59.9 Å². The first kappa shape index (κ1) is 20.7. The SMILES string of the molecule is CNS(=O)(=O)c1ccc2c(c1)c(-c1cn(C3CC3)cn1)nn2-c1ccc(C(F)(F)F)cc1. The van der Waals surface area contributed by atoms with Crippen molar-refractivity contribution in [3.63, 3.8) is 0 Å². The number of fused-ring (bicyclic) bond motifs is 1. The van der Waals surface area contributed by atoms with Crippen LogP contribution in [0.5, 0.6) is 0 Å². The first-order chi connectivity index (χ1) is 15.2. The maximum atomic E-state index is 13.0. The number of nitrogens with one attached hydrogen (secondary N) is 1. The highest BCUT2D eigenvalue weighted by molar-refractivity contribution is 7.89. The van der Waals surface area contributed by atoms with E-state index in [0.29, 0.717) is 34.0 Å². The van der Waals surface area contributed by atoms with Gasteiger partial charge in [-0.05, 0) is 62.4 Å². The van der Waals surface area contributed by atoms with Crippen LogP contribution in [0.1, 0.15) is 24.4 Å². The molecule has 1 saturated carbocycles. The molecule has 2 aromatic heterocycles. The van der Waals surface area contributed by atoms with Crippen molar-refractivity contribution in [3.8, 4) is 17.1 Å². The Labute approximate surface area is 181 Å². The van der Waals surface area contributed by atoms with Gasteiger partial charge in [-0.15, -0.1) is 0 Å². The van der Waals surface area contributed by atoms with Crippen LogP contribution >= 0.6 is 0 Å². The van der Waals surface area contributed by atoms with Crippen molar-refractivity contribution < 1.29 is 21.6 Å². The van der Waals surface area contributed by atoms with E-state index in [-0.39, 0.29) is 4.90 Å². The van der Waals surface area contributed by atoms with Crippen LogP contribution in [0.2, 0.25) is 0 Å². The molecule has 11 heteroatoms. The Morgan fingerprint density at radius 1 is 1.09 bits per heavy atom. The quantitative estimate of drug-likeness (QED) is 0.484. The molecule has 0 saturated heterocycles. The maximum Gasteiger partial charge on any atom is 0.416 e. The number of hydrogen-bond donors (Lipinski definition) is 1. The summed E-state index contributed by atoms with van der Waals surface area (Å²) in [6, 6.07) is 9.57. The number of nitrogens with zero attached hydrogens (tertiary/aromatic N) is 4. The second kappa shape index (κ2) is 7.17. The molecule has 1 aliphatic carbocycles. The van der Waals surface area contributed by atoms with Gasteiger partial charge in [0.2, 0.25) is 10.0 Å². The minimum Gasteiger partial charge on any atom is -0.334 e. The van der Waals surface area contributed by atoms with Gasteiger partial charge in [0.05, 0.1) is 28.0 Å². The molecule has 4 aromatic rings. The van der Waals surface area contributed by atoms with Gasteiger partial charge < -0.3 is 4.57 Å². The van der Waals surface area contributed by atoms with E-state index in [2.05, 4.69) is 14.8 Å². The largest absolute Gasteiger partial charge is 0.416 e. The Balaban J connectivity index is 1.69. The molecule has 7 nitrogen and oxygen atoms in total. The fraction of sp³-hybridized carbons (Fsp3) is 0.238. The van der Waals surface area contributed by atoms with E-state index >= 15 is 0 Å². The van der Waals surface area contributed by atoms with Gasteiger partial charge in [-0.2, -0.15) is 18.3 Å². The Kier molecular flexibility index (Phi) is 4.64. The van der Waals surface area contributed by atoms with Gasteiger partial charge >= 0.3 is 6.18 Å². The molecular weight excluding hydrogens is 443 g/mol. The number of aromatic nitrogens is 4. The molecule has 0 radical (unpaired) electrons. The van der Waals surface area contributed by atoms with Crippen LogP contribution in [0.3, 0.4) is 0 Å².